The molecule has 0 amide bonds. The minimum absolute atomic E-state index is 0.00138. The van der Waals surface area contributed by atoms with Gasteiger partial charge in [0.1, 0.15) is 5.75 Å². The van der Waals surface area contributed by atoms with E-state index in [9.17, 15) is 9.59 Å². The Morgan fingerprint density at radius 2 is 1.86 bits per heavy atom. The first-order valence-corrected chi connectivity index (χ1v) is 10.4. The lowest BCUT2D eigenvalue weighted by atomic mass is 10.1. The fourth-order valence-corrected chi connectivity index (χ4v) is 4.00. The van der Waals surface area contributed by atoms with Gasteiger partial charge in [-0.15, -0.1) is 0 Å². The first-order valence-electron chi connectivity index (χ1n) is 9.48. The molecule has 5 nitrogen and oxygen atoms in total. The minimum Gasteiger partial charge on any atom is -0.494 e. The number of carbonyl (C=O) groups excluding carboxylic acids is 1. The Kier molecular flexibility index (Phi) is 6.52. The number of fused-ring (bicyclic) bond motifs is 1. The molecule has 0 saturated heterocycles. The SMILES string of the molecule is CCCn1c(S[C@@H](C)C(=O)c2ccc(OCC)cc2)nc2ccccc2c1=O. The first-order chi connectivity index (χ1) is 13.5. The van der Waals surface area contributed by atoms with Gasteiger partial charge in [0, 0.05) is 12.1 Å². The van der Waals surface area contributed by atoms with E-state index in [1.165, 1.54) is 11.8 Å². The third-order valence-corrected chi connectivity index (χ3v) is 5.47. The number of ketones is 1. The molecule has 1 aromatic heterocycles. The number of ether oxygens (including phenoxy) is 1. The molecule has 0 bridgehead atoms. The van der Waals surface area contributed by atoms with Crippen LogP contribution in [0.4, 0.5) is 0 Å². The molecule has 1 heterocycles. The second-order valence-electron chi connectivity index (χ2n) is 6.45. The van der Waals surface area contributed by atoms with Gasteiger partial charge in [-0.05, 0) is 56.7 Å². The van der Waals surface area contributed by atoms with Crippen LogP contribution >= 0.6 is 11.8 Å². The Morgan fingerprint density at radius 3 is 2.54 bits per heavy atom. The molecule has 0 spiro atoms. The molecule has 0 aliphatic heterocycles. The van der Waals surface area contributed by atoms with Gasteiger partial charge in [0.2, 0.25) is 0 Å². The van der Waals surface area contributed by atoms with E-state index in [0.29, 0.717) is 34.8 Å². The van der Waals surface area contributed by atoms with E-state index in [-0.39, 0.29) is 16.6 Å². The van der Waals surface area contributed by atoms with Crippen LogP contribution in [-0.4, -0.2) is 27.2 Å². The molecule has 0 aliphatic rings. The van der Waals surface area contributed by atoms with E-state index in [4.69, 9.17) is 4.74 Å². The number of rotatable bonds is 8. The molecule has 28 heavy (non-hydrogen) atoms. The highest BCUT2D eigenvalue weighted by molar-refractivity contribution is 8.00. The summed E-state index contributed by atoms with van der Waals surface area (Å²) in [6.07, 6.45) is 0.814. The molecule has 0 aliphatic carbocycles. The van der Waals surface area contributed by atoms with E-state index in [1.54, 1.807) is 34.9 Å². The van der Waals surface area contributed by atoms with Crippen molar-refractivity contribution in [1.29, 1.82) is 0 Å². The van der Waals surface area contributed by atoms with Gasteiger partial charge < -0.3 is 4.74 Å². The largest absolute Gasteiger partial charge is 0.494 e. The van der Waals surface area contributed by atoms with E-state index < -0.39 is 0 Å². The molecular weight excluding hydrogens is 372 g/mol. The van der Waals surface area contributed by atoms with Gasteiger partial charge in [-0.2, -0.15) is 0 Å². The number of nitrogens with zero attached hydrogens (tertiary/aromatic N) is 2. The van der Waals surface area contributed by atoms with Gasteiger partial charge in [-0.25, -0.2) is 4.98 Å². The van der Waals surface area contributed by atoms with Crippen molar-refractivity contribution in [3.63, 3.8) is 0 Å². The minimum atomic E-state index is -0.367. The molecule has 0 unspecified atom stereocenters. The lowest BCUT2D eigenvalue weighted by Crippen LogP contribution is -2.25. The standard InChI is InChI=1S/C22H24N2O3S/c1-4-14-24-21(26)18-8-6-7-9-19(18)23-22(24)28-15(3)20(25)16-10-12-17(13-11-16)27-5-2/h6-13,15H,4-5,14H2,1-3H3/t15-/m0/s1. The number of hydrogen-bond acceptors (Lipinski definition) is 5. The maximum absolute atomic E-state index is 12.9. The summed E-state index contributed by atoms with van der Waals surface area (Å²) in [6.45, 7) is 6.95. The van der Waals surface area contributed by atoms with Crippen LogP contribution in [-0.2, 0) is 6.54 Å². The van der Waals surface area contributed by atoms with Gasteiger partial charge >= 0.3 is 0 Å². The number of thioether (sulfide) groups is 1. The van der Waals surface area contributed by atoms with Gasteiger partial charge in [0.15, 0.2) is 10.9 Å². The smallest absolute Gasteiger partial charge is 0.262 e. The highest BCUT2D eigenvalue weighted by atomic mass is 32.2. The molecule has 146 valence electrons. The summed E-state index contributed by atoms with van der Waals surface area (Å²) in [5.41, 5.74) is 1.22. The van der Waals surface area contributed by atoms with Gasteiger partial charge in [-0.1, -0.05) is 30.8 Å². The fraction of sp³-hybridized carbons (Fsp3) is 0.318. The summed E-state index contributed by atoms with van der Waals surface area (Å²) in [4.78, 5) is 30.4. The van der Waals surface area contributed by atoms with Gasteiger partial charge in [0.05, 0.1) is 22.8 Å². The number of hydrogen-bond donors (Lipinski definition) is 0. The molecule has 2 aromatic carbocycles. The summed E-state index contributed by atoms with van der Waals surface area (Å²) >= 11 is 1.33. The van der Waals surface area contributed by atoms with Crippen LogP contribution < -0.4 is 10.3 Å². The van der Waals surface area contributed by atoms with Crippen LogP contribution in [0.25, 0.3) is 10.9 Å². The average molecular weight is 397 g/mol. The van der Waals surface area contributed by atoms with Crippen molar-refractivity contribution in [2.24, 2.45) is 0 Å². The highest BCUT2D eigenvalue weighted by Gasteiger charge is 2.20. The molecule has 0 N–H and O–H groups in total. The number of carbonyl (C=O) groups is 1. The number of para-hydroxylation sites is 1. The highest BCUT2D eigenvalue weighted by Crippen LogP contribution is 2.26. The second-order valence-corrected chi connectivity index (χ2v) is 7.76. The van der Waals surface area contributed by atoms with E-state index in [0.717, 1.165) is 12.2 Å². The maximum atomic E-state index is 12.9. The van der Waals surface area contributed by atoms with Crippen molar-refractivity contribution >= 4 is 28.4 Å². The van der Waals surface area contributed by atoms with Crippen LogP contribution in [0.15, 0.2) is 58.5 Å². The monoisotopic (exact) mass is 396 g/mol. The third-order valence-electron chi connectivity index (χ3n) is 4.38. The molecule has 3 rings (SSSR count). The zero-order valence-corrected chi connectivity index (χ0v) is 17.2. The summed E-state index contributed by atoms with van der Waals surface area (Å²) in [5, 5.41) is 0.817. The Morgan fingerprint density at radius 1 is 1.14 bits per heavy atom. The quantitative estimate of drug-likeness (QED) is 0.317. The Balaban J connectivity index is 1.89. The second kappa shape index (κ2) is 9.06. The summed E-state index contributed by atoms with van der Waals surface area (Å²) in [5.74, 6) is 0.742. The summed E-state index contributed by atoms with van der Waals surface area (Å²) in [6, 6.07) is 14.5. The van der Waals surface area contributed by atoms with Crippen LogP contribution in [0.1, 0.15) is 37.6 Å². The van der Waals surface area contributed by atoms with Crippen LogP contribution in [0.3, 0.4) is 0 Å². The van der Waals surface area contributed by atoms with Crippen LogP contribution in [0, 0.1) is 0 Å². The summed E-state index contributed by atoms with van der Waals surface area (Å²) < 4.78 is 7.10. The lowest BCUT2D eigenvalue weighted by Gasteiger charge is -2.15. The van der Waals surface area contributed by atoms with Crippen molar-refractivity contribution < 1.29 is 9.53 Å². The topological polar surface area (TPSA) is 61.2 Å². The Bertz CT molecular complexity index is 1030. The van der Waals surface area contributed by atoms with Gasteiger partial charge in [0.25, 0.3) is 5.56 Å². The number of benzene rings is 2. The van der Waals surface area contributed by atoms with E-state index >= 15 is 0 Å². The van der Waals surface area contributed by atoms with Crippen LogP contribution in [0.5, 0.6) is 5.75 Å². The zero-order chi connectivity index (χ0) is 20.1. The summed E-state index contributed by atoms with van der Waals surface area (Å²) in [7, 11) is 0. The number of aromatic nitrogens is 2. The normalized spacial score (nSPS) is 12.1. The Hall–Kier alpha value is -2.60. The van der Waals surface area contributed by atoms with Crippen molar-refractivity contribution in [3.8, 4) is 5.75 Å². The number of Topliss-reactive ketones (excluding diaryl/α,β-unsaturated/α-hetero) is 1. The van der Waals surface area contributed by atoms with E-state index in [2.05, 4.69) is 4.98 Å². The molecule has 3 aromatic rings. The molecular formula is C22H24N2O3S. The molecule has 0 fully saturated rings. The van der Waals surface area contributed by atoms with Crippen molar-refractivity contribution in [1.82, 2.24) is 9.55 Å². The molecule has 0 saturated carbocycles. The van der Waals surface area contributed by atoms with Gasteiger partial charge in [-0.3, -0.25) is 14.2 Å². The van der Waals surface area contributed by atoms with Crippen molar-refractivity contribution in [2.45, 2.75) is 44.1 Å². The molecule has 1 atom stereocenters. The van der Waals surface area contributed by atoms with E-state index in [1.807, 2.05) is 39.0 Å². The Labute approximate surface area is 168 Å². The predicted molar refractivity (Wildman–Crippen MR) is 114 cm³/mol. The average Bonchev–Trinajstić information content (AvgIpc) is 2.71. The van der Waals surface area contributed by atoms with Crippen molar-refractivity contribution in [2.75, 3.05) is 6.61 Å². The molecule has 6 heteroatoms. The zero-order valence-electron chi connectivity index (χ0n) is 16.3. The van der Waals surface area contributed by atoms with Crippen molar-refractivity contribution in [3.05, 3.63) is 64.4 Å². The first kappa shape index (κ1) is 20.1. The fourth-order valence-electron chi connectivity index (χ4n) is 2.99. The molecule has 0 radical (unpaired) electrons. The van der Waals surface area contributed by atoms with Crippen LogP contribution in [0.2, 0.25) is 0 Å². The maximum Gasteiger partial charge on any atom is 0.262 e. The third kappa shape index (κ3) is 4.28. The lowest BCUT2D eigenvalue weighted by molar-refractivity contribution is 0.0994. The predicted octanol–water partition coefficient (Wildman–Crippen LogP) is 4.57.